The van der Waals surface area contributed by atoms with Crippen molar-refractivity contribution in [3.8, 4) is 0 Å². The van der Waals surface area contributed by atoms with Gasteiger partial charge in [-0.1, -0.05) is 41.9 Å². The minimum atomic E-state index is 0.676. The van der Waals surface area contributed by atoms with Crippen LogP contribution in [0.2, 0.25) is 0 Å². The largest absolute Gasteiger partial charge is 0.311 e. The summed E-state index contributed by atoms with van der Waals surface area (Å²) in [7, 11) is 0. The van der Waals surface area contributed by atoms with Crippen LogP contribution in [0.3, 0.4) is 0 Å². The SMILES string of the molecule is CC(C)C(CNCc1cccc(Br)c1)N1CCCC1. The van der Waals surface area contributed by atoms with Crippen LogP contribution < -0.4 is 5.32 Å². The first-order valence-corrected chi connectivity index (χ1v) is 8.15. The molecular weight excluding hydrogens is 300 g/mol. The molecule has 106 valence electrons. The summed E-state index contributed by atoms with van der Waals surface area (Å²) in [5.74, 6) is 0.716. The molecule has 1 saturated heterocycles. The molecule has 2 nitrogen and oxygen atoms in total. The topological polar surface area (TPSA) is 15.3 Å². The molecule has 0 saturated carbocycles. The molecule has 1 aromatic rings. The van der Waals surface area contributed by atoms with Crippen molar-refractivity contribution >= 4 is 15.9 Å². The van der Waals surface area contributed by atoms with Crippen LogP contribution in [0.4, 0.5) is 0 Å². The van der Waals surface area contributed by atoms with Gasteiger partial charge in [-0.05, 0) is 49.5 Å². The molecule has 1 N–H and O–H groups in total. The van der Waals surface area contributed by atoms with Crippen molar-refractivity contribution in [2.75, 3.05) is 19.6 Å². The first-order valence-electron chi connectivity index (χ1n) is 7.36. The Kier molecular flexibility index (Phi) is 5.86. The maximum absolute atomic E-state index is 3.62. The van der Waals surface area contributed by atoms with Crippen molar-refractivity contribution in [3.63, 3.8) is 0 Å². The fraction of sp³-hybridized carbons (Fsp3) is 0.625. The number of likely N-dealkylation sites (tertiary alicyclic amines) is 1. The van der Waals surface area contributed by atoms with Crippen LogP contribution in [-0.4, -0.2) is 30.6 Å². The lowest BCUT2D eigenvalue weighted by Gasteiger charge is -2.31. The minimum absolute atomic E-state index is 0.676. The molecule has 3 heteroatoms. The van der Waals surface area contributed by atoms with Crippen LogP contribution in [0, 0.1) is 5.92 Å². The van der Waals surface area contributed by atoms with Gasteiger partial charge in [-0.3, -0.25) is 4.90 Å². The number of nitrogens with zero attached hydrogens (tertiary/aromatic N) is 1. The van der Waals surface area contributed by atoms with E-state index in [9.17, 15) is 0 Å². The van der Waals surface area contributed by atoms with Crippen molar-refractivity contribution in [3.05, 3.63) is 34.3 Å². The van der Waals surface area contributed by atoms with Crippen LogP contribution in [0.15, 0.2) is 28.7 Å². The molecule has 19 heavy (non-hydrogen) atoms. The third kappa shape index (κ3) is 4.59. The number of benzene rings is 1. The number of halogens is 1. The Balaban J connectivity index is 1.82. The summed E-state index contributed by atoms with van der Waals surface area (Å²) >= 11 is 3.52. The smallest absolute Gasteiger partial charge is 0.0243 e. The molecule has 0 bridgehead atoms. The second kappa shape index (κ2) is 7.41. The van der Waals surface area contributed by atoms with Gasteiger partial charge in [0.15, 0.2) is 0 Å². The fourth-order valence-electron chi connectivity index (χ4n) is 2.87. The van der Waals surface area contributed by atoms with Crippen molar-refractivity contribution in [2.24, 2.45) is 5.92 Å². The Hall–Kier alpha value is -0.380. The van der Waals surface area contributed by atoms with E-state index in [1.165, 1.54) is 31.5 Å². The summed E-state index contributed by atoms with van der Waals surface area (Å²) in [6, 6.07) is 9.21. The molecule has 1 fully saturated rings. The van der Waals surface area contributed by atoms with E-state index in [2.05, 4.69) is 64.3 Å². The van der Waals surface area contributed by atoms with Crippen LogP contribution in [0.1, 0.15) is 32.3 Å². The minimum Gasteiger partial charge on any atom is -0.311 e. The van der Waals surface area contributed by atoms with E-state index in [0.717, 1.165) is 17.6 Å². The number of hydrogen-bond acceptors (Lipinski definition) is 2. The van der Waals surface area contributed by atoms with E-state index in [0.29, 0.717) is 12.0 Å². The highest BCUT2D eigenvalue weighted by atomic mass is 79.9. The van der Waals surface area contributed by atoms with Crippen molar-refractivity contribution < 1.29 is 0 Å². The Bertz CT molecular complexity index is 386. The van der Waals surface area contributed by atoms with E-state index in [1.54, 1.807) is 0 Å². The standard InChI is InChI=1S/C16H25BrN2/c1-13(2)16(19-8-3-4-9-19)12-18-11-14-6-5-7-15(17)10-14/h5-7,10,13,16,18H,3-4,8-9,11-12H2,1-2H3. The summed E-state index contributed by atoms with van der Waals surface area (Å²) in [5, 5.41) is 3.62. The number of rotatable bonds is 6. The number of hydrogen-bond donors (Lipinski definition) is 1. The monoisotopic (exact) mass is 324 g/mol. The Morgan fingerprint density at radius 1 is 1.26 bits per heavy atom. The van der Waals surface area contributed by atoms with Crippen molar-refractivity contribution in [2.45, 2.75) is 39.3 Å². The maximum atomic E-state index is 3.62. The van der Waals surface area contributed by atoms with Gasteiger partial charge in [0.25, 0.3) is 0 Å². The molecule has 0 aliphatic carbocycles. The zero-order valence-corrected chi connectivity index (χ0v) is 13.6. The Morgan fingerprint density at radius 3 is 2.63 bits per heavy atom. The summed E-state index contributed by atoms with van der Waals surface area (Å²) in [6.07, 6.45) is 2.74. The molecule has 1 heterocycles. The predicted molar refractivity (Wildman–Crippen MR) is 85.3 cm³/mol. The quantitative estimate of drug-likeness (QED) is 0.859. The molecular formula is C16H25BrN2. The average molecular weight is 325 g/mol. The second-order valence-electron chi connectivity index (χ2n) is 5.82. The molecule has 0 aromatic heterocycles. The van der Waals surface area contributed by atoms with Gasteiger partial charge < -0.3 is 5.32 Å². The van der Waals surface area contributed by atoms with Crippen molar-refractivity contribution in [1.29, 1.82) is 0 Å². The highest BCUT2D eigenvalue weighted by Gasteiger charge is 2.23. The zero-order valence-electron chi connectivity index (χ0n) is 12.0. The molecule has 2 rings (SSSR count). The lowest BCUT2D eigenvalue weighted by Crippen LogP contribution is -2.44. The number of nitrogens with one attached hydrogen (secondary N) is 1. The Morgan fingerprint density at radius 2 is 2.00 bits per heavy atom. The van der Waals surface area contributed by atoms with Crippen molar-refractivity contribution in [1.82, 2.24) is 10.2 Å². The van der Waals surface area contributed by atoms with Crippen LogP contribution >= 0.6 is 15.9 Å². The fourth-order valence-corrected chi connectivity index (χ4v) is 3.32. The van der Waals surface area contributed by atoms with Crippen LogP contribution in [0.5, 0.6) is 0 Å². The van der Waals surface area contributed by atoms with Gasteiger partial charge in [0, 0.05) is 23.6 Å². The highest BCUT2D eigenvalue weighted by molar-refractivity contribution is 9.10. The average Bonchev–Trinajstić information content (AvgIpc) is 2.88. The second-order valence-corrected chi connectivity index (χ2v) is 6.73. The normalized spacial score (nSPS) is 18.1. The Labute approximate surface area is 125 Å². The van der Waals surface area contributed by atoms with Gasteiger partial charge in [-0.15, -0.1) is 0 Å². The molecule has 1 aliphatic heterocycles. The zero-order chi connectivity index (χ0) is 13.7. The lowest BCUT2D eigenvalue weighted by atomic mass is 10.0. The summed E-state index contributed by atoms with van der Waals surface area (Å²) in [6.45, 7) is 9.27. The molecule has 1 atom stereocenters. The summed E-state index contributed by atoms with van der Waals surface area (Å²) in [4.78, 5) is 2.65. The first-order chi connectivity index (χ1) is 9.16. The molecule has 0 spiro atoms. The molecule has 0 radical (unpaired) electrons. The lowest BCUT2D eigenvalue weighted by molar-refractivity contribution is 0.186. The molecule has 0 amide bonds. The molecule has 1 aliphatic rings. The third-order valence-corrected chi connectivity index (χ3v) is 4.44. The van der Waals surface area contributed by atoms with E-state index in [1.807, 2.05) is 0 Å². The van der Waals surface area contributed by atoms with E-state index in [4.69, 9.17) is 0 Å². The van der Waals surface area contributed by atoms with Gasteiger partial charge in [0.2, 0.25) is 0 Å². The highest BCUT2D eigenvalue weighted by Crippen LogP contribution is 2.17. The van der Waals surface area contributed by atoms with Gasteiger partial charge in [0.05, 0.1) is 0 Å². The van der Waals surface area contributed by atoms with E-state index < -0.39 is 0 Å². The van der Waals surface area contributed by atoms with Crippen LogP contribution in [0.25, 0.3) is 0 Å². The van der Waals surface area contributed by atoms with Gasteiger partial charge >= 0.3 is 0 Å². The molecule has 1 unspecified atom stereocenters. The third-order valence-electron chi connectivity index (χ3n) is 3.95. The van der Waals surface area contributed by atoms with Gasteiger partial charge in [-0.25, -0.2) is 0 Å². The maximum Gasteiger partial charge on any atom is 0.0243 e. The van der Waals surface area contributed by atoms with E-state index >= 15 is 0 Å². The predicted octanol–water partition coefficient (Wildman–Crippen LogP) is 3.66. The first kappa shape index (κ1) is 15.0. The van der Waals surface area contributed by atoms with Crippen LogP contribution in [-0.2, 0) is 6.54 Å². The van der Waals surface area contributed by atoms with E-state index in [-0.39, 0.29) is 0 Å². The molecule has 1 aromatic carbocycles. The van der Waals surface area contributed by atoms with Gasteiger partial charge in [-0.2, -0.15) is 0 Å². The summed E-state index contributed by atoms with van der Waals surface area (Å²) in [5.41, 5.74) is 1.35. The van der Waals surface area contributed by atoms with Gasteiger partial charge in [0.1, 0.15) is 0 Å². The summed E-state index contributed by atoms with van der Waals surface area (Å²) < 4.78 is 1.16.